The highest BCUT2D eigenvalue weighted by atomic mass is 16.5. The molecule has 0 aliphatic carbocycles. The van der Waals surface area contributed by atoms with Gasteiger partial charge in [-0.05, 0) is 20.3 Å². The van der Waals surface area contributed by atoms with Crippen LogP contribution in [0.3, 0.4) is 0 Å². The maximum atomic E-state index is 5.47. The van der Waals surface area contributed by atoms with Crippen molar-refractivity contribution >= 4 is 11.9 Å². The van der Waals surface area contributed by atoms with Crippen molar-refractivity contribution in [2.24, 2.45) is 5.84 Å². The molecule has 1 aromatic rings. The number of nitrogens with one attached hydrogen (secondary N) is 2. The van der Waals surface area contributed by atoms with Gasteiger partial charge < -0.3 is 14.8 Å². The Bertz CT molecular complexity index is 402. The number of aromatic nitrogens is 3. The number of rotatable bonds is 5. The van der Waals surface area contributed by atoms with E-state index in [0.29, 0.717) is 12.6 Å². The first-order valence-corrected chi connectivity index (χ1v) is 5.96. The molecule has 0 spiro atoms. The van der Waals surface area contributed by atoms with E-state index in [-0.39, 0.29) is 24.1 Å². The molecule has 8 nitrogen and oxygen atoms in total. The molecule has 2 unspecified atom stereocenters. The van der Waals surface area contributed by atoms with Crippen LogP contribution in [0.2, 0.25) is 0 Å². The molecule has 8 heteroatoms. The van der Waals surface area contributed by atoms with Crippen LogP contribution in [0.4, 0.5) is 11.9 Å². The standard InChI is InChI=1S/C10H18N6O2/c1-3-17-10-14-8(13-9(15-10)16-11)12-7-4-5-18-6(7)2/h6-7H,3-5,11H2,1-2H3,(H2,12,13,14,15,16). The van der Waals surface area contributed by atoms with Gasteiger partial charge in [-0.15, -0.1) is 0 Å². The molecule has 1 aromatic heterocycles. The van der Waals surface area contributed by atoms with Crippen molar-refractivity contribution in [1.29, 1.82) is 0 Å². The Kier molecular flexibility index (Phi) is 4.11. The van der Waals surface area contributed by atoms with Crippen LogP contribution in [-0.2, 0) is 4.74 Å². The molecule has 100 valence electrons. The number of hydrogen-bond acceptors (Lipinski definition) is 8. The summed E-state index contributed by atoms with van der Waals surface area (Å²) < 4.78 is 10.7. The van der Waals surface area contributed by atoms with Crippen LogP contribution in [-0.4, -0.2) is 40.3 Å². The Labute approximate surface area is 105 Å². The molecule has 1 aliphatic heterocycles. The fourth-order valence-corrected chi connectivity index (χ4v) is 1.77. The van der Waals surface area contributed by atoms with Crippen LogP contribution in [0.15, 0.2) is 0 Å². The minimum atomic E-state index is 0.131. The average molecular weight is 254 g/mol. The number of nitrogen functional groups attached to an aromatic ring is 1. The zero-order valence-corrected chi connectivity index (χ0v) is 10.5. The number of nitrogens with two attached hydrogens (primary N) is 1. The number of nitrogens with zero attached hydrogens (tertiary/aromatic N) is 3. The van der Waals surface area contributed by atoms with Crippen molar-refractivity contribution in [3.63, 3.8) is 0 Å². The van der Waals surface area contributed by atoms with Gasteiger partial charge in [0.05, 0.1) is 18.8 Å². The molecular weight excluding hydrogens is 236 g/mol. The van der Waals surface area contributed by atoms with Gasteiger partial charge in [-0.25, -0.2) is 5.84 Å². The van der Waals surface area contributed by atoms with E-state index < -0.39 is 0 Å². The zero-order valence-electron chi connectivity index (χ0n) is 10.5. The molecule has 0 radical (unpaired) electrons. The third-order valence-corrected chi connectivity index (χ3v) is 2.71. The summed E-state index contributed by atoms with van der Waals surface area (Å²) in [5.74, 6) is 6.01. The maximum absolute atomic E-state index is 5.47. The first-order valence-electron chi connectivity index (χ1n) is 5.96. The van der Waals surface area contributed by atoms with Gasteiger partial charge in [0.2, 0.25) is 11.9 Å². The minimum absolute atomic E-state index is 0.131. The highest BCUT2D eigenvalue weighted by Crippen LogP contribution is 2.18. The molecule has 1 aliphatic rings. The Balaban J connectivity index is 2.12. The molecule has 1 saturated heterocycles. The maximum Gasteiger partial charge on any atom is 0.323 e. The van der Waals surface area contributed by atoms with Crippen LogP contribution in [0.5, 0.6) is 6.01 Å². The van der Waals surface area contributed by atoms with Crippen molar-refractivity contribution in [2.45, 2.75) is 32.4 Å². The third kappa shape index (κ3) is 2.96. The second-order valence-electron chi connectivity index (χ2n) is 3.96. The summed E-state index contributed by atoms with van der Waals surface area (Å²) >= 11 is 0. The lowest BCUT2D eigenvalue weighted by molar-refractivity contribution is 0.121. The van der Waals surface area contributed by atoms with Gasteiger partial charge in [0.15, 0.2) is 0 Å². The number of ether oxygens (including phenoxy) is 2. The molecule has 0 amide bonds. The first-order chi connectivity index (χ1) is 8.72. The van der Waals surface area contributed by atoms with Crippen LogP contribution >= 0.6 is 0 Å². The molecule has 0 aromatic carbocycles. The van der Waals surface area contributed by atoms with Gasteiger partial charge in [0.1, 0.15) is 0 Å². The molecule has 18 heavy (non-hydrogen) atoms. The second-order valence-corrected chi connectivity index (χ2v) is 3.96. The van der Waals surface area contributed by atoms with E-state index in [1.165, 1.54) is 0 Å². The third-order valence-electron chi connectivity index (χ3n) is 2.71. The molecule has 0 bridgehead atoms. The van der Waals surface area contributed by atoms with Gasteiger partial charge in [-0.1, -0.05) is 0 Å². The van der Waals surface area contributed by atoms with E-state index in [9.17, 15) is 0 Å². The van der Waals surface area contributed by atoms with E-state index in [1.54, 1.807) is 0 Å². The van der Waals surface area contributed by atoms with Gasteiger partial charge in [0, 0.05) is 6.61 Å². The molecule has 4 N–H and O–H groups in total. The Hall–Kier alpha value is -1.67. The summed E-state index contributed by atoms with van der Waals surface area (Å²) in [4.78, 5) is 12.3. The SMILES string of the molecule is CCOc1nc(NN)nc(NC2CCOC2C)n1. The Morgan fingerprint density at radius 3 is 2.78 bits per heavy atom. The van der Waals surface area contributed by atoms with Crippen LogP contribution in [0.25, 0.3) is 0 Å². The first kappa shape index (κ1) is 12.8. The number of hydrogen-bond donors (Lipinski definition) is 3. The fraction of sp³-hybridized carbons (Fsp3) is 0.700. The topological polar surface area (TPSA) is 107 Å². The lowest BCUT2D eigenvalue weighted by Crippen LogP contribution is -2.28. The predicted molar refractivity (Wildman–Crippen MR) is 66.2 cm³/mol. The Morgan fingerprint density at radius 1 is 1.39 bits per heavy atom. The summed E-state index contributed by atoms with van der Waals surface area (Å²) in [5.41, 5.74) is 2.39. The van der Waals surface area contributed by atoms with Crippen molar-refractivity contribution in [2.75, 3.05) is 24.0 Å². The van der Waals surface area contributed by atoms with Crippen molar-refractivity contribution < 1.29 is 9.47 Å². The summed E-state index contributed by atoms with van der Waals surface area (Å²) in [5, 5.41) is 3.20. The molecule has 1 fully saturated rings. The molecule has 2 atom stereocenters. The quantitative estimate of drug-likeness (QED) is 0.503. The van der Waals surface area contributed by atoms with Crippen molar-refractivity contribution in [3.05, 3.63) is 0 Å². The van der Waals surface area contributed by atoms with E-state index in [4.69, 9.17) is 15.3 Å². The van der Waals surface area contributed by atoms with E-state index in [1.807, 2.05) is 13.8 Å². The van der Waals surface area contributed by atoms with Gasteiger partial charge in [0.25, 0.3) is 0 Å². The van der Waals surface area contributed by atoms with Crippen molar-refractivity contribution in [1.82, 2.24) is 15.0 Å². The van der Waals surface area contributed by atoms with Crippen LogP contribution in [0.1, 0.15) is 20.3 Å². The highest BCUT2D eigenvalue weighted by Gasteiger charge is 2.25. The second kappa shape index (κ2) is 5.78. The molecule has 2 rings (SSSR count). The van der Waals surface area contributed by atoms with E-state index >= 15 is 0 Å². The normalized spacial score (nSPS) is 22.8. The van der Waals surface area contributed by atoms with E-state index in [2.05, 4.69) is 25.7 Å². The lowest BCUT2D eigenvalue weighted by atomic mass is 10.2. The minimum Gasteiger partial charge on any atom is -0.464 e. The highest BCUT2D eigenvalue weighted by molar-refractivity contribution is 5.36. The van der Waals surface area contributed by atoms with E-state index in [0.717, 1.165) is 13.0 Å². The fourth-order valence-electron chi connectivity index (χ4n) is 1.77. The average Bonchev–Trinajstić information content (AvgIpc) is 2.75. The van der Waals surface area contributed by atoms with Gasteiger partial charge in [-0.2, -0.15) is 15.0 Å². The van der Waals surface area contributed by atoms with Gasteiger partial charge >= 0.3 is 6.01 Å². The summed E-state index contributed by atoms with van der Waals surface area (Å²) in [7, 11) is 0. The molecule has 2 heterocycles. The number of hydrazine groups is 1. The summed E-state index contributed by atoms with van der Waals surface area (Å²) in [6.07, 6.45) is 1.05. The largest absolute Gasteiger partial charge is 0.464 e. The smallest absolute Gasteiger partial charge is 0.323 e. The lowest BCUT2D eigenvalue weighted by Gasteiger charge is -2.16. The number of anilines is 2. The monoisotopic (exact) mass is 254 g/mol. The predicted octanol–water partition coefficient (Wildman–Crippen LogP) is 0.145. The van der Waals surface area contributed by atoms with Crippen LogP contribution < -0.4 is 21.3 Å². The summed E-state index contributed by atoms with van der Waals surface area (Å²) in [6, 6.07) is 0.432. The van der Waals surface area contributed by atoms with Crippen LogP contribution in [0, 0.1) is 0 Å². The zero-order chi connectivity index (χ0) is 13.0. The Morgan fingerprint density at radius 2 is 2.17 bits per heavy atom. The molecular formula is C10H18N6O2. The molecule has 0 saturated carbocycles. The summed E-state index contributed by atoms with van der Waals surface area (Å²) in [6.45, 7) is 5.09. The van der Waals surface area contributed by atoms with Gasteiger partial charge in [-0.3, -0.25) is 5.43 Å². The van der Waals surface area contributed by atoms with Crippen molar-refractivity contribution in [3.8, 4) is 6.01 Å².